The number of hydrogen-bond acceptors (Lipinski definition) is 6. The highest BCUT2D eigenvalue weighted by molar-refractivity contribution is 7.13. The van der Waals surface area contributed by atoms with E-state index < -0.39 is 0 Å². The van der Waals surface area contributed by atoms with Crippen LogP contribution in [-0.2, 0) is 6.54 Å². The van der Waals surface area contributed by atoms with Gasteiger partial charge in [0, 0.05) is 12.6 Å². The van der Waals surface area contributed by atoms with E-state index in [0.29, 0.717) is 17.8 Å². The fourth-order valence-corrected chi connectivity index (χ4v) is 3.29. The van der Waals surface area contributed by atoms with Gasteiger partial charge in [-0.3, -0.25) is 4.90 Å². The summed E-state index contributed by atoms with van der Waals surface area (Å²) in [5, 5.41) is 9.55. The first-order chi connectivity index (χ1) is 9.86. The van der Waals surface area contributed by atoms with Crippen molar-refractivity contribution in [3.05, 3.63) is 23.4 Å². The summed E-state index contributed by atoms with van der Waals surface area (Å²) < 4.78 is 5.40. The van der Waals surface area contributed by atoms with Crippen LogP contribution in [0.15, 0.2) is 22.0 Å². The quantitative estimate of drug-likeness (QED) is 0.917. The van der Waals surface area contributed by atoms with E-state index in [1.54, 1.807) is 11.3 Å². The molecule has 1 fully saturated rings. The van der Waals surface area contributed by atoms with Gasteiger partial charge in [0.2, 0.25) is 11.7 Å². The molecule has 0 radical (unpaired) electrons. The Labute approximate surface area is 123 Å². The van der Waals surface area contributed by atoms with Crippen LogP contribution in [0.4, 0.5) is 0 Å². The monoisotopic (exact) mass is 292 g/mol. The van der Waals surface area contributed by atoms with E-state index in [4.69, 9.17) is 4.52 Å². The van der Waals surface area contributed by atoms with Gasteiger partial charge in [-0.25, -0.2) is 0 Å². The van der Waals surface area contributed by atoms with Crippen molar-refractivity contribution in [3.63, 3.8) is 0 Å². The first-order valence-electron chi connectivity index (χ1n) is 7.18. The zero-order chi connectivity index (χ0) is 13.8. The number of likely N-dealkylation sites (N-methyl/N-ethyl adjacent to an activating group) is 1. The summed E-state index contributed by atoms with van der Waals surface area (Å²) >= 11 is 1.63. The lowest BCUT2D eigenvalue weighted by Crippen LogP contribution is -2.45. The number of rotatable bonds is 5. The fourth-order valence-electron chi connectivity index (χ4n) is 2.64. The van der Waals surface area contributed by atoms with Gasteiger partial charge in [0.15, 0.2) is 0 Å². The largest absolute Gasteiger partial charge is 0.338 e. The summed E-state index contributed by atoms with van der Waals surface area (Å²) in [5.41, 5.74) is 0. The third-order valence-corrected chi connectivity index (χ3v) is 4.61. The van der Waals surface area contributed by atoms with Crippen molar-refractivity contribution >= 4 is 11.3 Å². The standard InChI is InChI=1S/C14H20N4OS/c1-2-18(11-5-3-7-15-9-11)10-13-16-14(17-19-13)12-6-4-8-20-12/h4,6,8,11,15H,2-3,5,7,9-10H2,1H3. The number of aromatic nitrogens is 2. The molecule has 0 aromatic carbocycles. The van der Waals surface area contributed by atoms with Crippen molar-refractivity contribution in [1.29, 1.82) is 0 Å². The summed E-state index contributed by atoms with van der Waals surface area (Å²) in [6.07, 6.45) is 2.48. The minimum atomic E-state index is 0.575. The molecule has 0 bridgehead atoms. The third-order valence-electron chi connectivity index (χ3n) is 3.74. The Morgan fingerprint density at radius 2 is 2.50 bits per heavy atom. The summed E-state index contributed by atoms with van der Waals surface area (Å²) in [4.78, 5) is 7.98. The van der Waals surface area contributed by atoms with Crippen molar-refractivity contribution in [3.8, 4) is 10.7 Å². The highest BCUT2D eigenvalue weighted by atomic mass is 32.1. The Morgan fingerprint density at radius 1 is 1.55 bits per heavy atom. The lowest BCUT2D eigenvalue weighted by atomic mass is 10.1. The van der Waals surface area contributed by atoms with Crippen LogP contribution in [0.1, 0.15) is 25.7 Å². The lowest BCUT2D eigenvalue weighted by Gasteiger charge is -2.32. The van der Waals surface area contributed by atoms with Crippen molar-refractivity contribution in [1.82, 2.24) is 20.4 Å². The summed E-state index contributed by atoms with van der Waals surface area (Å²) in [6.45, 7) is 6.12. The molecule has 3 rings (SSSR count). The highest BCUT2D eigenvalue weighted by Crippen LogP contribution is 2.22. The molecule has 0 saturated carbocycles. The second kappa shape index (κ2) is 6.47. The Bertz CT molecular complexity index is 519. The topological polar surface area (TPSA) is 54.2 Å². The van der Waals surface area contributed by atoms with Gasteiger partial charge in [-0.15, -0.1) is 11.3 Å². The van der Waals surface area contributed by atoms with Gasteiger partial charge in [0.1, 0.15) is 0 Å². The van der Waals surface area contributed by atoms with E-state index in [1.807, 2.05) is 17.5 Å². The predicted molar refractivity (Wildman–Crippen MR) is 79.6 cm³/mol. The van der Waals surface area contributed by atoms with E-state index in [9.17, 15) is 0 Å². The fraction of sp³-hybridized carbons (Fsp3) is 0.571. The minimum absolute atomic E-state index is 0.575. The maximum Gasteiger partial charge on any atom is 0.241 e. The summed E-state index contributed by atoms with van der Waals surface area (Å²) in [7, 11) is 0. The molecule has 1 unspecified atom stereocenters. The van der Waals surface area contributed by atoms with Crippen LogP contribution in [0.3, 0.4) is 0 Å². The predicted octanol–water partition coefficient (Wildman–Crippen LogP) is 2.37. The van der Waals surface area contributed by atoms with Gasteiger partial charge in [-0.05, 0) is 37.4 Å². The third kappa shape index (κ3) is 3.08. The normalized spacial score (nSPS) is 19.6. The first-order valence-corrected chi connectivity index (χ1v) is 8.06. The van der Waals surface area contributed by atoms with Gasteiger partial charge in [0.25, 0.3) is 0 Å². The highest BCUT2D eigenvalue weighted by Gasteiger charge is 2.22. The number of nitrogens with one attached hydrogen (secondary N) is 1. The van der Waals surface area contributed by atoms with Crippen LogP contribution >= 0.6 is 11.3 Å². The molecule has 2 aromatic heterocycles. The van der Waals surface area contributed by atoms with Crippen LogP contribution < -0.4 is 5.32 Å². The molecule has 2 aromatic rings. The average Bonchev–Trinajstić information content (AvgIpc) is 3.16. The molecule has 5 nitrogen and oxygen atoms in total. The molecule has 0 amide bonds. The maximum atomic E-state index is 5.40. The van der Waals surface area contributed by atoms with Crippen molar-refractivity contribution in [2.24, 2.45) is 0 Å². The number of thiophene rings is 1. The van der Waals surface area contributed by atoms with Gasteiger partial charge in [-0.1, -0.05) is 18.1 Å². The minimum Gasteiger partial charge on any atom is -0.338 e. The van der Waals surface area contributed by atoms with Crippen LogP contribution in [0, 0.1) is 0 Å². The molecule has 1 atom stereocenters. The van der Waals surface area contributed by atoms with Crippen molar-refractivity contribution in [2.45, 2.75) is 32.4 Å². The molecular weight excluding hydrogens is 272 g/mol. The molecule has 1 aliphatic rings. The van der Waals surface area contributed by atoms with Gasteiger partial charge in [0.05, 0.1) is 11.4 Å². The smallest absolute Gasteiger partial charge is 0.241 e. The van der Waals surface area contributed by atoms with E-state index in [0.717, 1.165) is 31.1 Å². The number of piperidine rings is 1. The molecule has 6 heteroatoms. The van der Waals surface area contributed by atoms with Crippen LogP contribution in [0.25, 0.3) is 10.7 Å². The van der Waals surface area contributed by atoms with E-state index in [2.05, 4.69) is 27.3 Å². The van der Waals surface area contributed by atoms with Crippen molar-refractivity contribution < 1.29 is 4.52 Å². The Balaban J connectivity index is 1.66. The van der Waals surface area contributed by atoms with Crippen LogP contribution in [0.2, 0.25) is 0 Å². The van der Waals surface area contributed by atoms with Crippen molar-refractivity contribution in [2.75, 3.05) is 19.6 Å². The molecule has 1 N–H and O–H groups in total. The summed E-state index contributed by atoms with van der Waals surface area (Å²) in [6, 6.07) is 4.59. The Kier molecular flexibility index (Phi) is 4.44. The first kappa shape index (κ1) is 13.7. The second-order valence-corrected chi connectivity index (χ2v) is 6.00. The molecule has 1 saturated heterocycles. The van der Waals surface area contributed by atoms with E-state index in [-0.39, 0.29) is 0 Å². The Hall–Kier alpha value is -1.24. The Morgan fingerprint density at radius 3 is 3.20 bits per heavy atom. The molecule has 108 valence electrons. The van der Waals surface area contributed by atoms with Gasteiger partial charge < -0.3 is 9.84 Å². The van der Waals surface area contributed by atoms with E-state index in [1.165, 1.54) is 12.8 Å². The SMILES string of the molecule is CCN(Cc1nc(-c2cccs2)no1)C1CCCNC1. The van der Waals surface area contributed by atoms with Crippen LogP contribution in [-0.4, -0.2) is 40.7 Å². The zero-order valence-electron chi connectivity index (χ0n) is 11.7. The molecule has 1 aliphatic heterocycles. The van der Waals surface area contributed by atoms with Gasteiger partial charge >= 0.3 is 0 Å². The molecule has 0 aliphatic carbocycles. The molecular formula is C14H20N4OS. The van der Waals surface area contributed by atoms with Gasteiger partial charge in [-0.2, -0.15) is 4.98 Å². The number of hydrogen-bond donors (Lipinski definition) is 1. The average molecular weight is 292 g/mol. The summed E-state index contributed by atoms with van der Waals surface area (Å²) in [5.74, 6) is 1.41. The molecule has 3 heterocycles. The molecule has 20 heavy (non-hydrogen) atoms. The number of nitrogens with zero attached hydrogens (tertiary/aromatic N) is 3. The van der Waals surface area contributed by atoms with E-state index >= 15 is 0 Å². The second-order valence-electron chi connectivity index (χ2n) is 5.05. The maximum absolute atomic E-state index is 5.40. The van der Waals surface area contributed by atoms with Crippen LogP contribution in [0.5, 0.6) is 0 Å². The molecule has 0 spiro atoms. The lowest BCUT2D eigenvalue weighted by molar-refractivity contribution is 0.147. The zero-order valence-corrected chi connectivity index (χ0v) is 12.5.